The van der Waals surface area contributed by atoms with Crippen LogP contribution < -0.4 is 5.73 Å². The number of nitrogen functional groups attached to an aromatic ring is 1. The van der Waals surface area contributed by atoms with Gasteiger partial charge < -0.3 is 10.5 Å². The number of halogens is 1. The Morgan fingerprint density at radius 1 is 1.47 bits per heavy atom. The topological polar surface area (TPSA) is 86.5 Å². The van der Waals surface area contributed by atoms with Crippen molar-refractivity contribution < 1.29 is 17.9 Å². The average Bonchev–Trinajstić information content (AvgIpc) is 2.22. The Balaban J connectivity index is 2.90. The first-order valence-electron chi connectivity index (χ1n) is 4.65. The Hall–Kier alpha value is -1.27. The van der Waals surface area contributed by atoms with Crippen LogP contribution in [0.2, 0.25) is 5.02 Å². The van der Waals surface area contributed by atoms with E-state index in [1.807, 2.05) is 0 Å². The molecule has 0 aliphatic heterocycles. The summed E-state index contributed by atoms with van der Waals surface area (Å²) in [6, 6.07) is 4.55. The summed E-state index contributed by atoms with van der Waals surface area (Å²) in [6.07, 6.45) is 0. The van der Waals surface area contributed by atoms with Crippen LogP contribution in [0.3, 0.4) is 0 Å². The molecule has 94 valence electrons. The number of carbonyl (C=O) groups is 1. The van der Waals surface area contributed by atoms with E-state index < -0.39 is 21.6 Å². The Morgan fingerprint density at radius 3 is 2.71 bits per heavy atom. The monoisotopic (exact) mass is 277 g/mol. The van der Waals surface area contributed by atoms with Gasteiger partial charge in [-0.3, -0.25) is 4.79 Å². The molecule has 0 aliphatic carbocycles. The Bertz CT molecular complexity index is 527. The third-order valence-corrected chi connectivity index (χ3v) is 3.81. The maximum absolute atomic E-state index is 11.6. The summed E-state index contributed by atoms with van der Waals surface area (Å²) in [7, 11) is -2.47. The normalized spacial score (nSPS) is 11.2. The summed E-state index contributed by atoms with van der Waals surface area (Å²) >= 11 is 5.84. The minimum atomic E-state index is -3.60. The van der Waals surface area contributed by atoms with Crippen molar-refractivity contribution in [3.63, 3.8) is 0 Å². The van der Waals surface area contributed by atoms with E-state index in [1.54, 1.807) is 6.07 Å². The highest BCUT2D eigenvalue weighted by molar-refractivity contribution is 7.91. The van der Waals surface area contributed by atoms with Crippen molar-refractivity contribution in [2.75, 3.05) is 18.6 Å². The zero-order valence-corrected chi connectivity index (χ0v) is 10.7. The van der Waals surface area contributed by atoms with E-state index in [1.165, 1.54) is 12.1 Å². The molecule has 0 atom stereocenters. The van der Waals surface area contributed by atoms with E-state index in [9.17, 15) is 13.2 Å². The van der Waals surface area contributed by atoms with Crippen molar-refractivity contribution in [1.82, 2.24) is 0 Å². The van der Waals surface area contributed by atoms with Crippen molar-refractivity contribution in [3.05, 3.63) is 28.8 Å². The number of rotatable bonds is 4. The number of hydrogen-bond donors (Lipinski definition) is 1. The number of ether oxygens (including phenoxy) is 1. The van der Waals surface area contributed by atoms with E-state index >= 15 is 0 Å². The highest BCUT2D eigenvalue weighted by atomic mass is 35.5. The van der Waals surface area contributed by atoms with Crippen molar-refractivity contribution in [3.8, 4) is 0 Å². The van der Waals surface area contributed by atoms with Gasteiger partial charge in [-0.1, -0.05) is 11.6 Å². The molecular weight excluding hydrogens is 266 g/mol. The largest absolute Gasteiger partial charge is 0.468 e. The molecule has 1 aromatic rings. The van der Waals surface area contributed by atoms with Crippen molar-refractivity contribution >= 4 is 33.1 Å². The van der Waals surface area contributed by atoms with Crippen LogP contribution in [0, 0.1) is 0 Å². The Morgan fingerprint density at radius 2 is 2.12 bits per heavy atom. The number of anilines is 1. The predicted octanol–water partition coefficient (Wildman–Crippen LogP) is 1.01. The minimum Gasteiger partial charge on any atom is -0.468 e. The molecule has 2 N–H and O–H groups in total. The number of benzene rings is 1. The zero-order valence-electron chi connectivity index (χ0n) is 9.14. The van der Waals surface area contributed by atoms with E-state index in [2.05, 4.69) is 4.74 Å². The molecule has 1 rings (SSSR count). The molecule has 0 aliphatic rings. The number of nitrogens with two attached hydrogens (primary N) is 1. The first-order valence-corrected chi connectivity index (χ1v) is 6.85. The standard InChI is InChI=1S/C10H12ClNO4S/c1-16-10(13)6-17(14,15)5-7-4-8(12)2-3-9(7)11/h2-4H,5-6,12H2,1H3. The molecule has 0 bridgehead atoms. The van der Waals surface area contributed by atoms with Gasteiger partial charge in [-0.25, -0.2) is 8.42 Å². The van der Waals surface area contributed by atoms with Crippen LogP contribution in [0.5, 0.6) is 0 Å². The van der Waals surface area contributed by atoms with Gasteiger partial charge in [-0.15, -0.1) is 0 Å². The van der Waals surface area contributed by atoms with Crippen LogP contribution in [-0.2, 0) is 25.1 Å². The molecule has 1 aromatic carbocycles. The summed E-state index contributed by atoms with van der Waals surface area (Å²) < 4.78 is 27.6. The lowest BCUT2D eigenvalue weighted by atomic mass is 10.2. The van der Waals surface area contributed by atoms with Crippen molar-refractivity contribution in [2.24, 2.45) is 0 Å². The van der Waals surface area contributed by atoms with Gasteiger partial charge in [-0.2, -0.15) is 0 Å². The van der Waals surface area contributed by atoms with Crippen molar-refractivity contribution in [2.45, 2.75) is 5.75 Å². The maximum Gasteiger partial charge on any atom is 0.320 e. The number of carbonyl (C=O) groups excluding carboxylic acids is 1. The van der Waals surface area contributed by atoms with Gasteiger partial charge in [0.25, 0.3) is 0 Å². The van der Waals surface area contributed by atoms with Crippen molar-refractivity contribution in [1.29, 1.82) is 0 Å². The molecule has 0 amide bonds. The predicted molar refractivity (Wildman–Crippen MR) is 65.4 cm³/mol. The van der Waals surface area contributed by atoms with Gasteiger partial charge >= 0.3 is 5.97 Å². The third kappa shape index (κ3) is 4.24. The number of methoxy groups -OCH3 is 1. The highest BCUT2D eigenvalue weighted by Crippen LogP contribution is 2.21. The fourth-order valence-electron chi connectivity index (χ4n) is 1.23. The second-order valence-corrected chi connectivity index (χ2v) is 5.93. The SMILES string of the molecule is COC(=O)CS(=O)(=O)Cc1cc(N)ccc1Cl. The van der Waals surface area contributed by atoms with Gasteiger partial charge in [0.15, 0.2) is 9.84 Å². The second kappa shape index (κ2) is 5.37. The molecule has 0 spiro atoms. The molecule has 0 heterocycles. The van der Waals surface area contributed by atoms with Crippen LogP contribution in [0.1, 0.15) is 5.56 Å². The Labute approximate surface area is 104 Å². The molecule has 0 saturated carbocycles. The summed E-state index contributed by atoms with van der Waals surface area (Å²) in [6.45, 7) is 0. The fraction of sp³-hybridized carbons (Fsp3) is 0.300. The summed E-state index contributed by atoms with van der Waals surface area (Å²) in [5, 5.41) is 0.299. The molecule has 7 heteroatoms. The first-order chi connectivity index (χ1) is 7.84. The van der Waals surface area contributed by atoms with Gasteiger partial charge in [0.1, 0.15) is 5.75 Å². The average molecular weight is 278 g/mol. The highest BCUT2D eigenvalue weighted by Gasteiger charge is 2.19. The first kappa shape index (κ1) is 13.8. The molecule has 0 radical (unpaired) electrons. The lowest BCUT2D eigenvalue weighted by Crippen LogP contribution is -2.19. The van der Waals surface area contributed by atoms with Gasteiger partial charge in [0, 0.05) is 10.7 Å². The summed E-state index contributed by atoms with van der Waals surface area (Å²) in [5.41, 5.74) is 6.31. The molecule has 0 unspecified atom stereocenters. The van der Waals surface area contributed by atoms with Crippen LogP contribution in [0.15, 0.2) is 18.2 Å². The van der Waals surface area contributed by atoms with E-state index in [4.69, 9.17) is 17.3 Å². The van der Waals surface area contributed by atoms with E-state index in [0.29, 0.717) is 16.3 Å². The van der Waals surface area contributed by atoms with Crippen LogP contribution in [0.4, 0.5) is 5.69 Å². The van der Waals surface area contributed by atoms with E-state index in [0.717, 1.165) is 7.11 Å². The van der Waals surface area contributed by atoms with Crippen LogP contribution >= 0.6 is 11.6 Å². The van der Waals surface area contributed by atoms with Crippen LogP contribution in [-0.4, -0.2) is 27.2 Å². The smallest absolute Gasteiger partial charge is 0.320 e. The van der Waals surface area contributed by atoms with Gasteiger partial charge in [0.2, 0.25) is 0 Å². The molecule has 0 aromatic heterocycles. The fourth-order valence-corrected chi connectivity index (χ4v) is 2.79. The number of sulfone groups is 1. The summed E-state index contributed by atoms with van der Waals surface area (Å²) in [4.78, 5) is 10.9. The number of esters is 1. The second-order valence-electron chi connectivity index (χ2n) is 3.46. The molecular formula is C10H12ClNO4S. The lowest BCUT2D eigenvalue weighted by molar-refractivity contribution is -0.137. The third-order valence-electron chi connectivity index (χ3n) is 2.01. The Kier molecular flexibility index (Phi) is 4.36. The summed E-state index contributed by atoms with van der Waals surface area (Å²) in [5.74, 6) is -1.81. The zero-order chi connectivity index (χ0) is 13.1. The quantitative estimate of drug-likeness (QED) is 0.656. The minimum absolute atomic E-state index is 0.299. The van der Waals surface area contributed by atoms with Gasteiger partial charge in [0.05, 0.1) is 12.9 Å². The lowest BCUT2D eigenvalue weighted by Gasteiger charge is -2.06. The van der Waals surface area contributed by atoms with E-state index in [-0.39, 0.29) is 5.75 Å². The molecule has 5 nitrogen and oxygen atoms in total. The maximum atomic E-state index is 11.6. The van der Waals surface area contributed by atoms with Gasteiger partial charge in [-0.05, 0) is 23.8 Å². The molecule has 0 fully saturated rings. The molecule has 17 heavy (non-hydrogen) atoms. The van der Waals surface area contributed by atoms with Crippen LogP contribution in [0.25, 0.3) is 0 Å². The number of hydrogen-bond acceptors (Lipinski definition) is 5. The molecule has 0 saturated heterocycles.